The van der Waals surface area contributed by atoms with E-state index >= 15 is 0 Å². The second-order valence-electron chi connectivity index (χ2n) is 6.68. The number of hydrogen-bond acceptors (Lipinski definition) is 5. The second kappa shape index (κ2) is 6.91. The lowest BCUT2D eigenvalue weighted by Gasteiger charge is -2.33. The van der Waals surface area contributed by atoms with E-state index in [0.29, 0.717) is 0 Å². The summed E-state index contributed by atoms with van der Waals surface area (Å²) in [6, 6.07) is 6.13. The van der Waals surface area contributed by atoms with Crippen molar-refractivity contribution in [3.63, 3.8) is 0 Å². The number of morpholine rings is 1. The summed E-state index contributed by atoms with van der Waals surface area (Å²) in [5.74, 6) is 0.965. The Morgan fingerprint density at radius 1 is 1.29 bits per heavy atom. The molecule has 0 radical (unpaired) electrons. The molecule has 3 heterocycles. The summed E-state index contributed by atoms with van der Waals surface area (Å²) in [5, 5.41) is 4.53. The molecule has 1 fully saturated rings. The summed E-state index contributed by atoms with van der Waals surface area (Å²) < 4.78 is 7.95. The van der Waals surface area contributed by atoms with Crippen molar-refractivity contribution in [3.05, 3.63) is 40.8 Å². The predicted octanol–water partition coefficient (Wildman–Crippen LogP) is 2.07. The molecule has 3 rings (SSSR count). The van der Waals surface area contributed by atoms with E-state index in [1.54, 1.807) is 0 Å². The molecule has 1 atom stereocenters. The number of pyridine rings is 1. The molecule has 0 N–H and O–H groups in total. The van der Waals surface area contributed by atoms with E-state index in [1.165, 1.54) is 11.3 Å². The number of rotatable bonds is 4. The molecule has 0 aliphatic carbocycles. The van der Waals surface area contributed by atoms with Crippen molar-refractivity contribution in [2.24, 2.45) is 7.05 Å². The Morgan fingerprint density at radius 3 is 2.75 bits per heavy atom. The fourth-order valence-electron chi connectivity index (χ4n) is 3.16. The van der Waals surface area contributed by atoms with Crippen molar-refractivity contribution in [2.45, 2.75) is 26.5 Å². The molecule has 2 aromatic heterocycles. The summed E-state index contributed by atoms with van der Waals surface area (Å²) in [4.78, 5) is 9.19. The topological polar surface area (TPSA) is 46.4 Å². The van der Waals surface area contributed by atoms with Gasteiger partial charge in [-0.2, -0.15) is 5.10 Å². The molecule has 0 unspecified atom stereocenters. The van der Waals surface area contributed by atoms with Crippen molar-refractivity contribution < 1.29 is 4.74 Å². The lowest BCUT2D eigenvalue weighted by Crippen LogP contribution is -2.38. The van der Waals surface area contributed by atoms with Crippen molar-refractivity contribution in [2.75, 3.05) is 38.7 Å². The van der Waals surface area contributed by atoms with E-state index < -0.39 is 0 Å². The summed E-state index contributed by atoms with van der Waals surface area (Å²) in [5.41, 5.74) is 4.69. The van der Waals surface area contributed by atoms with Crippen LogP contribution >= 0.6 is 0 Å². The van der Waals surface area contributed by atoms with Gasteiger partial charge < -0.3 is 9.64 Å². The normalized spacial score (nSPS) is 18.8. The first-order chi connectivity index (χ1) is 11.5. The molecule has 6 heteroatoms. The van der Waals surface area contributed by atoms with Gasteiger partial charge in [-0.15, -0.1) is 0 Å². The number of anilines is 1. The lowest BCUT2D eigenvalue weighted by atomic mass is 10.1. The van der Waals surface area contributed by atoms with E-state index in [9.17, 15) is 0 Å². The van der Waals surface area contributed by atoms with Gasteiger partial charge in [0.15, 0.2) is 0 Å². The highest BCUT2D eigenvalue weighted by Gasteiger charge is 2.25. The first-order valence-corrected chi connectivity index (χ1v) is 8.43. The Kier molecular flexibility index (Phi) is 4.87. The highest BCUT2D eigenvalue weighted by atomic mass is 16.5. The van der Waals surface area contributed by atoms with Gasteiger partial charge in [-0.3, -0.25) is 9.58 Å². The Hall–Kier alpha value is -1.92. The molecule has 6 nitrogen and oxygen atoms in total. The van der Waals surface area contributed by atoms with Crippen LogP contribution in [0.4, 0.5) is 5.82 Å². The largest absolute Gasteiger partial charge is 0.369 e. The van der Waals surface area contributed by atoms with Crippen LogP contribution < -0.4 is 4.90 Å². The van der Waals surface area contributed by atoms with Crippen LogP contribution in [0.15, 0.2) is 18.2 Å². The van der Waals surface area contributed by atoms with Gasteiger partial charge in [-0.1, -0.05) is 6.07 Å². The van der Waals surface area contributed by atoms with Gasteiger partial charge in [0.05, 0.1) is 18.0 Å². The van der Waals surface area contributed by atoms with E-state index in [0.717, 1.165) is 43.4 Å². The zero-order valence-electron chi connectivity index (χ0n) is 15.3. The Labute approximate surface area is 144 Å². The highest BCUT2D eigenvalue weighted by molar-refractivity contribution is 5.37. The highest BCUT2D eigenvalue weighted by Crippen LogP contribution is 2.24. The van der Waals surface area contributed by atoms with Crippen LogP contribution in [0.5, 0.6) is 0 Å². The van der Waals surface area contributed by atoms with E-state index in [1.807, 2.05) is 36.8 Å². The maximum Gasteiger partial charge on any atom is 0.128 e. The molecule has 0 amide bonds. The minimum absolute atomic E-state index is 0.0240. The van der Waals surface area contributed by atoms with Crippen molar-refractivity contribution in [1.82, 2.24) is 19.7 Å². The molecular formula is C18H27N5O. The number of aryl methyl sites for hydroxylation is 2. The van der Waals surface area contributed by atoms with Crippen molar-refractivity contribution >= 4 is 5.82 Å². The minimum atomic E-state index is 0.0240. The van der Waals surface area contributed by atoms with Crippen molar-refractivity contribution in [3.8, 4) is 0 Å². The first kappa shape index (κ1) is 16.9. The monoisotopic (exact) mass is 329 g/mol. The van der Waals surface area contributed by atoms with Crippen LogP contribution in [0.1, 0.15) is 28.7 Å². The molecule has 0 saturated carbocycles. The van der Waals surface area contributed by atoms with Crippen LogP contribution in [-0.4, -0.2) is 53.5 Å². The molecular weight excluding hydrogens is 302 g/mol. The molecule has 0 spiro atoms. The molecule has 0 bridgehead atoms. The fraction of sp³-hybridized carbons (Fsp3) is 0.556. The van der Waals surface area contributed by atoms with E-state index in [-0.39, 0.29) is 6.10 Å². The van der Waals surface area contributed by atoms with E-state index in [4.69, 9.17) is 9.72 Å². The van der Waals surface area contributed by atoms with Gasteiger partial charge in [0, 0.05) is 52.0 Å². The second-order valence-corrected chi connectivity index (χ2v) is 6.68. The standard InChI is InChI=1S/C18H27N5O/c1-13-15(14(2)22(5)20-13)11-23-9-10-24-17(12-23)16-7-6-8-18(19-16)21(3)4/h6-8,17H,9-12H2,1-5H3/t17-/m1/s1. The summed E-state index contributed by atoms with van der Waals surface area (Å²) in [7, 11) is 6.02. The smallest absolute Gasteiger partial charge is 0.128 e. The average Bonchev–Trinajstić information content (AvgIpc) is 2.81. The third-order valence-electron chi connectivity index (χ3n) is 4.74. The van der Waals surface area contributed by atoms with Crippen LogP contribution in [0, 0.1) is 13.8 Å². The zero-order chi connectivity index (χ0) is 17.3. The van der Waals surface area contributed by atoms with Gasteiger partial charge in [0.25, 0.3) is 0 Å². The van der Waals surface area contributed by atoms with Crippen LogP contribution in [0.3, 0.4) is 0 Å². The fourth-order valence-corrected chi connectivity index (χ4v) is 3.16. The summed E-state index contributed by atoms with van der Waals surface area (Å²) in [6.07, 6.45) is 0.0240. The van der Waals surface area contributed by atoms with Crippen LogP contribution in [-0.2, 0) is 18.3 Å². The Balaban J connectivity index is 1.74. The number of ether oxygens (including phenoxy) is 1. The number of nitrogens with zero attached hydrogens (tertiary/aromatic N) is 5. The molecule has 0 aromatic carbocycles. The van der Waals surface area contributed by atoms with Gasteiger partial charge in [-0.25, -0.2) is 4.98 Å². The Morgan fingerprint density at radius 2 is 2.08 bits per heavy atom. The first-order valence-electron chi connectivity index (χ1n) is 8.43. The molecule has 24 heavy (non-hydrogen) atoms. The van der Waals surface area contributed by atoms with Crippen LogP contribution in [0.2, 0.25) is 0 Å². The van der Waals surface area contributed by atoms with Gasteiger partial charge in [0.1, 0.15) is 11.9 Å². The predicted molar refractivity (Wildman–Crippen MR) is 95.2 cm³/mol. The lowest BCUT2D eigenvalue weighted by molar-refractivity contribution is -0.0350. The van der Waals surface area contributed by atoms with Gasteiger partial charge in [-0.05, 0) is 26.0 Å². The zero-order valence-corrected chi connectivity index (χ0v) is 15.3. The average molecular weight is 329 g/mol. The van der Waals surface area contributed by atoms with Crippen molar-refractivity contribution in [1.29, 1.82) is 0 Å². The maximum absolute atomic E-state index is 5.99. The van der Waals surface area contributed by atoms with Gasteiger partial charge in [0.2, 0.25) is 0 Å². The quantitative estimate of drug-likeness (QED) is 0.859. The Bertz CT molecular complexity index is 709. The molecule has 1 aliphatic heterocycles. The van der Waals surface area contributed by atoms with Gasteiger partial charge >= 0.3 is 0 Å². The summed E-state index contributed by atoms with van der Waals surface area (Å²) in [6.45, 7) is 7.67. The van der Waals surface area contributed by atoms with Crippen LogP contribution in [0.25, 0.3) is 0 Å². The SMILES string of the molecule is Cc1nn(C)c(C)c1CN1CCO[C@@H](c2cccc(N(C)C)n2)C1. The molecule has 1 saturated heterocycles. The number of aromatic nitrogens is 3. The number of hydrogen-bond donors (Lipinski definition) is 0. The third kappa shape index (κ3) is 3.44. The maximum atomic E-state index is 5.99. The minimum Gasteiger partial charge on any atom is -0.369 e. The third-order valence-corrected chi connectivity index (χ3v) is 4.74. The van der Waals surface area contributed by atoms with E-state index in [2.05, 4.69) is 36.0 Å². The molecule has 2 aromatic rings. The molecule has 130 valence electrons. The molecule has 1 aliphatic rings. The summed E-state index contributed by atoms with van der Waals surface area (Å²) >= 11 is 0.